The fraction of sp³-hybridized carbons (Fsp3) is 0.0851. The molecule has 0 bridgehead atoms. The molecule has 0 spiro atoms. The molecule has 5 aromatic carbocycles. The van der Waals surface area contributed by atoms with Crippen LogP contribution in [-0.2, 0) is 0 Å². The van der Waals surface area contributed by atoms with Crippen molar-refractivity contribution in [3.8, 4) is 33.5 Å². The van der Waals surface area contributed by atoms with Gasteiger partial charge in [-0.05, 0) is 91.9 Å². The van der Waals surface area contributed by atoms with E-state index in [0.717, 1.165) is 53.2 Å². The number of fused-ring (bicyclic) bond motifs is 2. The van der Waals surface area contributed by atoms with Crippen LogP contribution in [0.2, 0.25) is 0 Å². The number of hydrogen-bond acceptors (Lipinski definition) is 3. The molecule has 2 aliphatic carbocycles. The quantitative estimate of drug-likeness (QED) is 0.170. The van der Waals surface area contributed by atoms with Crippen LogP contribution in [0.5, 0.6) is 0 Å². The molecule has 3 nitrogen and oxygen atoms in total. The minimum absolute atomic E-state index is 0.228. The lowest BCUT2D eigenvalue weighted by Gasteiger charge is -2.22. The highest BCUT2D eigenvalue weighted by molar-refractivity contribution is 6.19. The maximum Gasteiger partial charge on any atom is 0.156 e. The first-order valence-corrected chi connectivity index (χ1v) is 17.4. The summed E-state index contributed by atoms with van der Waals surface area (Å²) in [6, 6.07) is 43.4. The van der Waals surface area contributed by atoms with E-state index in [1.165, 1.54) is 49.4 Å². The van der Waals surface area contributed by atoms with E-state index in [0.29, 0.717) is 0 Å². The Labute approximate surface area is 292 Å². The van der Waals surface area contributed by atoms with Gasteiger partial charge in [-0.15, -0.1) is 0 Å². The summed E-state index contributed by atoms with van der Waals surface area (Å²) >= 11 is 0. The summed E-state index contributed by atoms with van der Waals surface area (Å²) in [6.07, 6.45) is 19.7. The molecule has 0 saturated heterocycles. The van der Waals surface area contributed by atoms with Crippen LogP contribution in [0.15, 0.2) is 170 Å². The fourth-order valence-electron chi connectivity index (χ4n) is 7.54. The molecule has 238 valence electrons. The first kappa shape index (κ1) is 29.9. The predicted octanol–water partition coefficient (Wildman–Crippen LogP) is 12.0. The lowest BCUT2D eigenvalue weighted by Crippen LogP contribution is -2.07. The molecule has 0 fully saturated rings. The van der Waals surface area contributed by atoms with Gasteiger partial charge < -0.3 is 0 Å². The Kier molecular flexibility index (Phi) is 7.79. The summed E-state index contributed by atoms with van der Waals surface area (Å²) in [5.74, 6) is 1.05. The zero-order chi connectivity index (χ0) is 33.3. The summed E-state index contributed by atoms with van der Waals surface area (Å²) in [5, 5.41) is 5.15. The molecule has 1 unspecified atom stereocenters. The van der Waals surface area contributed by atoms with Crippen molar-refractivity contribution in [1.29, 1.82) is 0 Å². The van der Waals surface area contributed by atoms with Crippen LogP contribution in [0, 0.1) is 0 Å². The molecule has 9 rings (SSSR count). The average Bonchev–Trinajstić information content (AvgIpc) is 3.21. The van der Waals surface area contributed by atoms with Crippen molar-refractivity contribution < 1.29 is 0 Å². The van der Waals surface area contributed by atoms with Gasteiger partial charge >= 0.3 is 0 Å². The van der Waals surface area contributed by atoms with E-state index in [1.54, 1.807) is 6.20 Å². The number of pyridine rings is 1. The van der Waals surface area contributed by atoms with Crippen molar-refractivity contribution in [2.45, 2.75) is 25.2 Å². The Morgan fingerprint density at radius 1 is 0.520 bits per heavy atom. The van der Waals surface area contributed by atoms with E-state index < -0.39 is 0 Å². The lowest BCUT2D eigenvalue weighted by molar-refractivity contribution is 0.803. The van der Waals surface area contributed by atoms with E-state index in [9.17, 15) is 0 Å². The van der Waals surface area contributed by atoms with Gasteiger partial charge in [0.2, 0.25) is 0 Å². The molecule has 7 aromatic rings. The van der Waals surface area contributed by atoms with E-state index >= 15 is 0 Å². The SMILES string of the molecule is C1=CCC(c2cc(-c3ccc(-c4cccnc4)cc3)nc(C3=CC=C(c4c5ccccc5c(-c5ccccc5)c5ccccc45)CC3)n2)C=C1. The van der Waals surface area contributed by atoms with Crippen molar-refractivity contribution in [1.82, 2.24) is 15.0 Å². The topological polar surface area (TPSA) is 38.7 Å². The highest BCUT2D eigenvalue weighted by atomic mass is 14.9. The maximum atomic E-state index is 5.21. The molecular formula is C47H35N3. The number of rotatable bonds is 6. The summed E-state index contributed by atoms with van der Waals surface area (Å²) in [4.78, 5) is 14.7. The Balaban J connectivity index is 1.14. The largest absolute Gasteiger partial charge is 0.264 e. The number of aromatic nitrogens is 3. The summed E-state index contributed by atoms with van der Waals surface area (Å²) in [5.41, 5.74) is 11.7. The summed E-state index contributed by atoms with van der Waals surface area (Å²) in [7, 11) is 0. The zero-order valence-corrected chi connectivity index (χ0v) is 27.7. The van der Waals surface area contributed by atoms with E-state index in [2.05, 4.69) is 157 Å². The first-order valence-electron chi connectivity index (χ1n) is 17.4. The molecule has 0 N–H and O–H groups in total. The van der Waals surface area contributed by atoms with Crippen LogP contribution in [0.25, 0.3) is 66.2 Å². The number of hydrogen-bond donors (Lipinski definition) is 0. The molecular weight excluding hydrogens is 607 g/mol. The lowest BCUT2D eigenvalue weighted by atomic mass is 9.83. The van der Waals surface area contributed by atoms with Crippen molar-refractivity contribution >= 4 is 32.7 Å². The Morgan fingerprint density at radius 2 is 1.16 bits per heavy atom. The first-order chi connectivity index (χ1) is 24.8. The minimum atomic E-state index is 0.228. The number of benzene rings is 5. The van der Waals surface area contributed by atoms with Gasteiger partial charge in [0.25, 0.3) is 0 Å². The molecule has 0 radical (unpaired) electrons. The third kappa shape index (κ3) is 5.57. The van der Waals surface area contributed by atoms with Crippen LogP contribution in [-0.4, -0.2) is 15.0 Å². The van der Waals surface area contributed by atoms with Crippen LogP contribution >= 0.6 is 0 Å². The maximum absolute atomic E-state index is 5.21. The van der Waals surface area contributed by atoms with Gasteiger partial charge in [0.15, 0.2) is 5.82 Å². The van der Waals surface area contributed by atoms with Crippen LogP contribution in [0.3, 0.4) is 0 Å². The van der Waals surface area contributed by atoms with Gasteiger partial charge in [-0.3, -0.25) is 4.98 Å². The highest BCUT2D eigenvalue weighted by Gasteiger charge is 2.21. The number of nitrogens with zero attached hydrogens (tertiary/aromatic N) is 3. The second-order valence-electron chi connectivity index (χ2n) is 13.1. The van der Waals surface area contributed by atoms with Gasteiger partial charge in [-0.1, -0.05) is 146 Å². The van der Waals surface area contributed by atoms with Crippen LogP contribution in [0.1, 0.15) is 42.3 Å². The van der Waals surface area contributed by atoms with Crippen LogP contribution in [0.4, 0.5) is 0 Å². The zero-order valence-electron chi connectivity index (χ0n) is 27.7. The standard InChI is InChI=1S/C47H35N3/c1-3-12-33(13-4-1)43-30-44(34-23-21-32(22-24-34)38-16-11-29-48-31-38)50-47(49-43)37-27-25-36(26-28-37)46-41-19-9-7-17-39(41)45(35-14-5-2-6-15-35)40-18-8-10-20-42(40)46/h1-12,14-25,27,29-31,33H,13,26,28H2. The van der Waals surface area contributed by atoms with Gasteiger partial charge in [0, 0.05) is 23.9 Å². The Morgan fingerprint density at radius 3 is 1.80 bits per heavy atom. The number of allylic oxidation sites excluding steroid dienone is 8. The van der Waals surface area contributed by atoms with E-state index in [-0.39, 0.29) is 5.92 Å². The normalized spacial score (nSPS) is 15.6. The van der Waals surface area contributed by atoms with Crippen LogP contribution < -0.4 is 0 Å². The Bertz CT molecular complexity index is 2430. The van der Waals surface area contributed by atoms with Gasteiger partial charge in [0.05, 0.1) is 11.4 Å². The summed E-state index contributed by atoms with van der Waals surface area (Å²) < 4.78 is 0. The van der Waals surface area contributed by atoms with Gasteiger partial charge in [0.1, 0.15) is 0 Å². The van der Waals surface area contributed by atoms with Crippen molar-refractivity contribution in [2.75, 3.05) is 0 Å². The second-order valence-corrected chi connectivity index (χ2v) is 13.1. The smallest absolute Gasteiger partial charge is 0.156 e. The minimum Gasteiger partial charge on any atom is -0.264 e. The highest BCUT2D eigenvalue weighted by Crippen LogP contribution is 2.44. The summed E-state index contributed by atoms with van der Waals surface area (Å²) in [6.45, 7) is 0. The van der Waals surface area contributed by atoms with Gasteiger partial charge in [-0.25, -0.2) is 9.97 Å². The molecule has 2 aliphatic rings. The predicted molar refractivity (Wildman–Crippen MR) is 208 cm³/mol. The molecule has 0 amide bonds. The molecule has 2 aromatic heterocycles. The molecule has 0 aliphatic heterocycles. The third-order valence-electron chi connectivity index (χ3n) is 10.0. The van der Waals surface area contributed by atoms with E-state index in [1.807, 2.05) is 12.3 Å². The fourth-order valence-corrected chi connectivity index (χ4v) is 7.54. The molecule has 2 heterocycles. The van der Waals surface area contributed by atoms with Crippen molar-refractivity contribution in [3.63, 3.8) is 0 Å². The molecule has 0 saturated carbocycles. The van der Waals surface area contributed by atoms with Gasteiger partial charge in [-0.2, -0.15) is 0 Å². The third-order valence-corrected chi connectivity index (χ3v) is 10.0. The molecule has 1 atom stereocenters. The van der Waals surface area contributed by atoms with Crippen molar-refractivity contribution in [2.24, 2.45) is 0 Å². The Hall–Kier alpha value is -6.19. The monoisotopic (exact) mass is 641 g/mol. The van der Waals surface area contributed by atoms with E-state index in [4.69, 9.17) is 9.97 Å². The molecule has 3 heteroatoms. The molecule has 50 heavy (non-hydrogen) atoms. The van der Waals surface area contributed by atoms with Crippen molar-refractivity contribution in [3.05, 3.63) is 187 Å². The average molecular weight is 642 g/mol. The second kappa shape index (κ2) is 13.0.